The molecule has 1 aromatic carbocycles. The number of aliphatic hydroxyl groups is 1. The molecule has 1 saturated heterocycles. The third-order valence-corrected chi connectivity index (χ3v) is 4.05. The van der Waals surface area contributed by atoms with Gasteiger partial charge in [-0.1, -0.05) is 24.3 Å². The van der Waals surface area contributed by atoms with Crippen molar-refractivity contribution in [2.45, 2.75) is 26.0 Å². The van der Waals surface area contributed by atoms with Gasteiger partial charge < -0.3 is 15.2 Å². The zero-order chi connectivity index (χ0) is 15.8. The van der Waals surface area contributed by atoms with E-state index in [1.165, 1.54) is 0 Å². The van der Waals surface area contributed by atoms with Gasteiger partial charge in [-0.15, -0.1) is 0 Å². The van der Waals surface area contributed by atoms with Crippen LogP contribution in [0, 0.1) is 5.92 Å². The molecule has 5 nitrogen and oxygen atoms in total. The fourth-order valence-electron chi connectivity index (χ4n) is 2.82. The number of benzene rings is 1. The highest BCUT2D eigenvalue weighted by Crippen LogP contribution is 2.15. The number of carbonyl (C=O) groups excluding carboxylic acids is 1. The van der Waals surface area contributed by atoms with Crippen LogP contribution >= 0.6 is 0 Å². The first-order valence-corrected chi connectivity index (χ1v) is 7.88. The van der Waals surface area contributed by atoms with Gasteiger partial charge in [-0.05, 0) is 36.4 Å². The molecule has 1 aromatic rings. The van der Waals surface area contributed by atoms with Crippen molar-refractivity contribution in [2.75, 3.05) is 33.4 Å². The molecule has 1 heterocycles. The van der Waals surface area contributed by atoms with Crippen molar-refractivity contribution in [3.63, 3.8) is 0 Å². The van der Waals surface area contributed by atoms with Crippen LogP contribution in [0.15, 0.2) is 24.3 Å². The van der Waals surface area contributed by atoms with Gasteiger partial charge in [0, 0.05) is 26.8 Å². The zero-order valence-electron chi connectivity index (χ0n) is 13.3. The molecule has 2 rings (SSSR count). The second-order valence-corrected chi connectivity index (χ2v) is 5.95. The second kappa shape index (κ2) is 8.88. The van der Waals surface area contributed by atoms with Crippen molar-refractivity contribution in [3.05, 3.63) is 35.4 Å². The minimum absolute atomic E-state index is 0.0413. The molecule has 1 unspecified atom stereocenters. The monoisotopic (exact) mass is 306 g/mol. The number of hydrogen-bond donors (Lipinski definition) is 2. The number of nitrogens with one attached hydrogen (secondary N) is 1. The highest BCUT2D eigenvalue weighted by molar-refractivity contribution is 5.78. The van der Waals surface area contributed by atoms with Crippen molar-refractivity contribution in [3.8, 4) is 0 Å². The molecule has 0 aliphatic carbocycles. The molecule has 122 valence electrons. The summed E-state index contributed by atoms with van der Waals surface area (Å²) in [5.41, 5.74) is 2.21. The quantitative estimate of drug-likeness (QED) is 0.793. The number of aliphatic hydroxyl groups excluding tert-OH is 1. The van der Waals surface area contributed by atoms with Crippen molar-refractivity contribution in [2.24, 2.45) is 5.92 Å². The van der Waals surface area contributed by atoms with E-state index in [1.807, 2.05) is 24.3 Å². The summed E-state index contributed by atoms with van der Waals surface area (Å²) in [6.45, 7) is 3.53. The Hall–Kier alpha value is -1.43. The molecule has 0 radical (unpaired) electrons. The molecule has 1 atom stereocenters. The van der Waals surface area contributed by atoms with E-state index in [0.717, 1.165) is 37.1 Å². The number of piperidine rings is 1. The van der Waals surface area contributed by atoms with E-state index >= 15 is 0 Å². The van der Waals surface area contributed by atoms with Crippen LogP contribution in [-0.4, -0.2) is 49.3 Å². The summed E-state index contributed by atoms with van der Waals surface area (Å²) in [7, 11) is 1.68. The van der Waals surface area contributed by atoms with Gasteiger partial charge in [0.05, 0.1) is 13.2 Å². The Balaban J connectivity index is 1.73. The van der Waals surface area contributed by atoms with Gasteiger partial charge in [0.1, 0.15) is 0 Å². The Kier molecular flexibility index (Phi) is 6.83. The number of rotatable bonds is 7. The number of amides is 1. The molecular weight excluding hydrogens is 280 g/mol. The van der Waals surface area contributed by atoms with Crippen LogP contribution < -0.4 is 5.32 Å². The third kappa shape index (κ3) is 5.40. The molecule has 1 amide bonds. The summed E-state index contributed by atoms with van der Waals surface area (Å²) in [5, 5.41) is 12.2. The normalized spacial score (nSPS) is 19.1. The lowest BCUT2D eigenvalue weighted by atomic mass is 9.99. The fraction of sp³-hybridized carbons (Fsp3) is 0.588. The molecule has 5 heteroatoms. The average Bonchev–Trinajstić information content (AvgIpc) is 2.55. The average molecular weight is 306 g/mol. The Labute approximate surface area is 132 Å². The van der Waals surface area contributed by atoms with Gasteiger partial charge in [0.2, 0.25) is 5.91 Å². The largest absolute Gasteiger partial charge is 0.396 e. The number of methoxy groups -OCH3 is 1. The maximum Gasteiger partial charge on any atom is 0.234 e. The molecule has 0 aromatic heterocycles. The van der Waals surface area contributed by atoms with E-state index < -0.39 is 0 Å². The van der Waals surface area contributed by atoms with Crippen LogP contribution in [0.1, 0.15) is 24.0 Å². The second-order valence-electron chi connectivity index (χ2n) is 5.95. The van der Waals surface area contributed by atoms with Gasteiger partial charge in [-0.2, -0.15) is 0 Å². The summed E-state index contributed by atoms with van der Waals surface area (Å²) < 4.78 is 5.08. The number of carbonyl (C=O) groups is 1. The van der Waals surface area contributed by atoms with Gasteiger partial charge in [0.15, 0.2) is 0 Å². The van der Waals surface area contributed by atoms with Crippen LogP contribution in [0.4, 0.5) is 0 Å². The maximum atomic E-state index is 12.0. The highest BCUT2D eigenvalue weighted by Gasteiger charge is 2.20. The molecule has 0 saturated carbocycles. The molecule has 1 aliphatic heterocycles. The van der Waals surface area contributed by atoms with Crippen LogP contribution in [-0.2, 0) is 22.7 Å². The lowest BCUT2D eigenvalue weighted by molar-refractivity contribution is -0.122. The Bertz CT molecular complexity index is 461. The van der Waals surface area contributed by atoms with Crippen molar-refractivity contribution in [1.29, 1.82) is 0 Å². The molecule has 0 bridgehead atoms. The first-order chi connectivity index (χ1) is 10.7. The summed E-state index contributed by atoms with van der Waals surface area (Å²) in [6, 6.07) is 8.05. The number of hydrogen-bond acceptors (Lipinski definition) is 4. The van der Waals surface area contributed by atoms with E-state index in [2.05, 4.69) is 10.2 Å². The van der Waals surface area contributed by atoms with Gasteiger partial charge in [-0.3, -0.25) is 9.69 Å². The predicted molar refractivity (Wildman–Crippen MR) is 85.3 cm³/mol. The molecule has 22 heavy (non-hydrogen) atoms. The van der Waals surface area contributed by atoms with E-state index in [-0.39, 0.29) is 12.5 Å². The predicted octanol–water partition coefficient (Wildman–Crippen LogP) is 1.15. The van der Waals surface area contributed by atoms with Crippen molar-refractivity contribution < 1.29 is 14.6 Å². The standard InChI is InChI=1S/C17H26N2O3/c1-22-13-15-6-4-14(5-7-15)9-18-17(21)11-19-8-2-3-16(10-19)12-20/h4-7,16,20H,2-3,8-13H2,1H3,(H,18,21). The molecule has 0 spiro atoms. The number of ether oxygens (including phenoxy) is 1. The lowest BCUT2D eigenvalue weighted by Crippen LogP contribution is -2.43. The SMILES string of the molecule is COCc1ccc(CNC(=O)CN2CCCC(CO)C2)cc1. The van der Waals surface area contributed by atoms with Crippen LogP contribution in [0.5, 0.6) is 0 Å². The Morgan fingerprint density at radius 1 is 1.36 bits per heavy atom. The van der Waals surface area contributed by atoms with E-state index in [4.69, 9.17) is 4.74 Å². The molecule has 2 N–H and O–H groups in total. The fourth-order valence-corrected chi connectivity index (χ4v) is 2.82. The summed E-state index contributed by atoms with van der Waals surface area (Å²) in [5.74, 6) is 0.356. The first-order valence-electron chi connectivity index (χ1n) is 7.88. The maximum absolute atomic E-state index is 12.0. The Morgan fingerprint density at radius 3 is 2.77 bits per heavy atom. The van der Waals surface area contributed by atoms with Gasteiger partial charge in [-0.25, -0.2) is 0 Å². The smallest absolute Gasteiger partial charge is 0.234 e. The summed E-state index contributed by atoms with van der Waals surface area (Å²) in [4.78, 5) is 14.1. The topological polar surface area (TPSA) is 61.8 Å². The first kappa shape index (κ1) is 16.9. The van der Waals surface area contributed by atoms with Gasteiger partial charge >= 0.3 is 0 Å². The minimum Gasteiger partial charge on any atom is -0.396 e. The third-order valence-electron chi connectivity index (χ3n) is 4.05. The number of likely N-dealkylation sites (tertiary alicyclic amines) is 1. The highest BCUT2D eigenvalue weighted by atomic mass is 16.5. The van der Waals surface area contributed by atoms with E-state index in [0.29, 0.717) is 25.6 Å². The number of nitrogens with zero attached hydrogens (tertiary/aromatic N) is 1. The van der Waals surface area contributed by atoms with Crippen LogP contribution in [0.3, 0.4) is 0 Å². The Morgan fingerprint density at radius 2 is 2.09 bits per heavy atom. The van der Waals surface area contributed by atoms with Crippen molar-refractivity contribution in [1.82, 2.24) is 10.2 Å². The van der Waals surface area contributed by atoms with E-state index in [1.54, 1.807) is 7.11 Å². The van der Waals surface area contributed by atoms with Crippen LogP contribution in [0.2, 0.25) is 0 Å². The zero-order valence-corrected chi connectivity index (χ0v) is 13.3. The summed E-state index contributed by atoms with van der Waals surface area (Å²) >= 11 is 0. The molecule has 1 aliphatic rings. The molecule has 1 fully saturated rings. The summed E-state index contributed by atoms with van der Waals surface area (Å²) in [6.07, 6.45) is 2.11. The lowest BCUT2D eigenvalue weighted by Gasteiger charge is -2.31. The van der Waals surface area contributed by atoms with Crippen LogP contribution in [0.25, 0.3) is 0 Å². The molecular formula is C17H26N2O3. The van der Waals surface area contributed by atoms with Crippen molar-refractivity contribution >= 4 is 5.91 Å². The van der Waals surface area contributed by atoms with E-state index in [9.17, 15) is 9.90 Å². The minimum atomic E-state index is 0.0413. The van der Waals surface area contributed by atoms with Gasteiger partial charge in [0.25, 0.3) is 0 Å².